The van der Waals surface area contributed by atoms with E-state index >= 15 is 0 Å². The van der Waals surface area contributed by atoms with Crippen LogP contribution >= 0.6 is 0 Å². The zero-order valence-electron chi connectivity index (χ0n) is 55.3. The predicted molar refractivity (Wildman–Crippen MR) is 357 cm³/mol. The number of ether oxygens (including phenoxy) is 3. The smallest absolute Gasteiger partial charge is 0.305 e. The van der Waals surface area contributed by atoms with Crippen LogP contribution in [0.4, 0.5) is 0 Å². The van der Waals surface area contributed by atoms with Gasteiger partial charge >= 0.3 is 5.97 Å². The molecular weight excluding hydrogens is 1060 g/mol. The van der Waals surface area contributed by atoms with Crippen molar-refractivity contribution >= 4 is 11.9 Å². The number of hydrogen-bond acceptors (Lipinski definition) is 10. The van der Waals surface area contributed by atoms with Crippen LogP contribution in [0.15, 0.2) is 48.6 Å². The summed E-state index contributed by atoms with van der Waals surface area (Å²) in [4.78, 5) is 25.0. The lowest BCUT2D eigenvalue weighted by atomic mass is 9.99. The summed E-state index contributed by atoms with van der Waals surface area (Å²) in [6.45, 7) is 4.12. The lowest BCUT2D eigenvalue weighted by Crippen LogP contribution is -2.60. The number of aliphatic hydroxyl groups is 5. The molecule has 7 atom stereocenters. The van der Waals surface area contributed by atoms with Crippen LogP contribution in [-0.4, -0.2) is 100 Å². The van der Waals surface area contributed by atoms with Crippen LogP contribution in [0.5, 0.6) is 0 Å². The third-order valence-electron chi connectivity index (χ3n) is 17.2. The molecule has 7 unspecified atom stereocenters. The molecule has 0 aliphatic carbocycles. The largest absolute Gasteiger partial charge is 0.466 e. The van der Waals surface area contributed by atoms with E-state index in [1.807, 2.05) is 19.1 Å². The summed E-state index contributed by atoms with van der Waals surface area (Å²) in [5, 5.41) is 54.2. The van der Waals surface area contributed by atoms with Crippen LogP contribution in [0.2, 0.25) is 0 Å². The Labute approximate surface area is 523 Å². The lowest BCUT2D eigenvalue weighted by Gasteiger charge is -2.40. The fourth-order valence-corrected chi connectivity index (χ4v) is 11.5. The molecule has 0 aromatic heterocycles. The molecule has 11 heteroatoms. The van der Waals surface area contributed by atoms with Gasteiger partial charge in [-0.05, 0) is 77.6 Å². The van der Waals surface area contributed by atoms with E-state index in [-0.39, 0.29) is 18.5 Å². The van der Waals surface area contributed by atoms with Gasteiger partial charge in [0, 0.05) is 12.8 Å². The van der Waals surface area contributed by atoms with Gasteiger partial charge in [-0.15, -0.1) is 0 Å². The van der Waals surface area contributed by atoms with E-state index in [4.69, 9.17) is 14.2 Å². The number of carbonyl (C=O) groups excluding carboxylic acids is 2. The van der Waals surface area contributed by atoms with E-state index in [1.54, 1.807) is 6.08 Å². The number of amides is 1. The fourth-order valence-electron chi connectivity index (χ4n) is 11.5. The second-order valence-corrected chi connectivity index (χ2v) is 25.3. The molecule has 498 valence electrons. The van der Waals surface area contributed by atoms with E-state index in [9.17, 15) is 35.1 Å². The van der Waals surface area contributed by atoms with Gasteiger partial charge in [0.05, 0.1) is 32.0 Å². The van der Waals surface area contributed by atoms with E-state index < -0.39 is 49.5 Å². The first-order valence-electron chi connectivity index (χ1n) is 36.4. The highest BCUT2D eigenvalue weighted by Crippen LogP contribution is 2.23. The van der Waals surface area contributed by atoms with Crippen molar-refractivity contribution in [2.45, 2.75) is 391 Å². The van der Waals surface area contributed by atoms with Gasteiger partial charge in [0.2, 0.25) is 5.91 Å². The van der Waals surface area contributed by atoms with Gasteiger partial charge in [0.25, 0.3) is 0 Å². The van der Waals surface area contributed by atoms with Crippen LogP contribution in [0, 0.1) is 0 Å². The summed E-state index contributed by atoms with van der Waals surface area (Å²) in [6.07, 6.45) is 73.1. The maximum Gasteiger partial charge on any atom is 0.305 e. The van der Waals surface area contributed by atoms with Gasteiger partial charge in [-0.3, -0.25) is 9.59 Å². The van der Waals surface area contributed by atoms with Crippen molar-refractivity contribution in [2.24, 2.45) is 0 Å². The molecule has 0 spiro atoms. The molecule has 0 bridgehead atoms. The molecule has 1 saturated heterocycles. The van der Waals surface area contributed by atoms with E-state index in [1.165, 1.54) is 263 Å². The molecule has 1 rings (SSSR count). The first-order valence-corrected chi connectivity index (χ1v) is 36.4. The van der Waals surface area contributed by atoms with Gasteiger partial charge in [0.15, 0.2) is 6.29 Å². The first-order chi connectivity index (χ1) is 41.7. The zero-order valence-corrected chi connectivity index (χ0v) is 55.3. The van der Waals surface area contributed by atoms with Crippen molar-refractivity contribution in [3.05, 3.63) is 48.6 Å². The van der Waals surface area contributed by atoms with Crippen LogP contribution in [-0.2, 0) is 23.8 Å². The maximum atomic E-state index is 13.0. The Kier molecular flexibility index (Phi) is 60.0. The van der Waals surface area contributed by atoms with Gasteiger partial charge in [-0.1, -0.05) is 306 Å². The molecule has 11 nitrogen and oxygen atoms in total. The molecule has 0 aromatic rings. The van der Waals surface area contributed by atoms with E-state index in [2.05, 4.69) is 42.6 Å². The molecule has 1 heterocycles. The maximum absolute atomic E-state index is 13.0. The summed E-state index contributed by atoms with van der Waals surface area (Å²) in [6, 6.07) is -0.830. The lowest BCUT2D eigenvalue weighted by molar-refractivity contribution is -0.302. The SMILES string of the molecule is C/C=C/CC/C=C/CC/C=C/C(O)C(COC1OC(CO)C(O)C(O)C1O)NC(=O)CCCCCCCCCCCCCCCCCCC/C=C\CCCCCCCCCCCCCCCCCCOC(=O)CCCCCCCCCCCCC. The van der Waals surface area contributed by atoms with Gasteiger partial charge in [0.1, 0.15) is 24.4 Å². The Balaban J connectivity index is 1.88. The number of unbranched alkanes of at least 4 members (excludes halogenated alkanes) is 45. The molecule has 1 aliphatic heterocycles. The van der Waals surface area contributed by atoms with Crippen molar-refractivity contribution in [1.82, 2.24) is 5.32 Å². The molecule has 0 saturated carbocycles. The number of aliphatic hydroxyl groups excluding tert-OH is 5. The van der Waals surface area contributed by atoms with Crippen LogP contribution in [0.25, 0.3) is 0 Å². The number of allylic oxidation sites excluding steroid dienone is 7. The van der Waals surface area contributed by atoms with Gasteiger partial charge in [-0.25, -0.2) is 0 Å². The average Bonchev–Trinajstić information content (AvgIpc) is 3.34. The molecule has 85 heavy (non-hydrogen) atoms. The Hall–Kier alpha value is -2.38. The van der Waals surface area contributed by atoms with Crippen molar-refractivity contribution in [1.29, 1.82) is 0 Å². The third kappa shape index (κ3) is 52.1. The Morgan fingerprint density at radius 2 is 0.812 bits per heavy atom. The Morgan fingerprint density at radius 3 is 1.24 bits per heavy atom. The molecule has 0 aromatic carbocycles. The normalized spacial score (nSPS) is 18.2. The highest BCUT2D eigenvalue weighted by Gasteiger charge is 2.44. The molecule has 1 fully saturated rings. The highest BCUT2D eigenvalue weighted by atomic mass is 16.7. The second kappa shape index (κ2) is 63.2. The minimum Gasteiger partial charge on any atom is -0.466 e. The molecule has 1 amide bonds. The summed E-state index contributed by atoms with van der Waals surface area (Å²) >= 11 is 0. The van der Waals surface area contributed by atoms with Crippen molar-refractivity contribution in [2.75, 3.05) is 19.8 Å². The summed E-state index contributed by atoms with van der Waals surface area (Å²) in [7, 11) is 0. The Bertz CT molecular complexity index is 1550. The number of nitrogens with one attached hydrogen (secondary N) is 1. The highest BCUT2D eigenvalue weighted by molar-refractivity contribution is 5.76. The zero-order chi connectivity index (χ0) is 61.6. The average molecular weight is 1200 g/mol. The number of rotatable bonds is 64. The first kappa shape index (κ1) is 80.6. The minimum atomic E-state index is -1.58. The van der Waals surface area contributed by atoms with Crippen LogP contribution < -0.4 is 5.32 Å². The quantitative estimate of drug-likeness (QED) is 0.0195. The monoisotopic (exact) mass is 1200 g/mol. The number of esters is 1. The number of hydrogen-bond donors (Lipinski definition) is 6. The van der Waals surface area contributed by atoms with Crippen molar-refractivity contribution in [3.63, 3.8) is 0 Å². The predicted octanol–water partition coefficient (Wildman–Crippen LogP) is 18.7. The molecular formula is C74H137NO10. The molecule has 1 aliphatic rings. The number of carbonyl (C=O) groups is 2. The molecule has 6 N–H and O–H groups in total. The second-order valence-electron chi connectivity index (χ2n) is 25.3. The van der Waals surface area contributed by atoms with Crippen LogP contribution in [0.3, 0.4) is 0 Å². The van der Waals surface area contributed by atoms with Crippen molar-refractivity contribution in [3.8, 4) is 0 Å². The van der Waals surface area contributed by atoms with Crippen molar-refractivity contribution < 1.29 is 49.3 Å². The molecule has 0 radical (unpaired) electrons. The van der Waals surface area contributed by atoms with Gasteiger partial charge in [-0.2, -0.15) is 0 Å². The fraction of sp³-hybridized carbons (Fsp3) is 0.865. The van der Waals surface area contributed by atoms with E-state index in [0.717, 1.165) is 57.8 Å². The van der Waals surface area contributed by atoms with Crippen LogP contribution in [0.1, 0.15) is 348 Å². The summed E-state index contributed by atoms with van der Waals surface area (Å²) in [5.41, 5.74) is 0. The summed E-state index contributed by atoms with van der Waals surface area (Å²) in [5.74, 6) is -0.180. The summed E-state index contributed by atoms with van der Waals surface area (Å²) < 4.78 is 16.7. The third-order valence-corrected chi connectivity index (χ3v) is 17.2. The topological polar surface area (TPSA) is 175 Å². The van der Waals surface area contributed by atoms with Gasteiger partial charge < -0.3 is 45.1 Å². The Morgan fingerprint density at radius 1 is 0.447 bits per heavy atom. The van der Waals surface area contributed by atoms with E-state index in [0.29, 0.717) is 19.4 Å². The minimum absolute atomic E-state index is 0.0147. The standard InChI is InChI=1S/C74H137NO10/c1-3-5-7-9-11-13-41-46-50-54-58-62-70(79)83-63-59-55-51-47-43-40-38-36-34-32-30-28-26-24-22-20-18-16-14-15-17-19-21-23-25-27-29-31-33-35-37-39-42-45-49-53-57-61-69(78)75-66(67(77)60-56-52-48-44-12-10-8-6-4-2)65-84-74-73(82)72(81)71(80)68(64-76)85-74/h4,6,12,14,16,44,56,60,66-68,71-74,76-77,80-82H,3,5,7-11,13,15,17-43,45-55,57-59,61-65H2,1-2H3,(H,75,78)/b6-4+,16-14-,44-12+,60-56+.